The van der Waals surface area contributed by atoms with Gasteiger partial charge in [0.15, 0.2) is 0 Å². The van der Waals surface area contributed by atoms with E-state index in [9.17, 15) is 13.2 Å². The monoisotopic (exact) mass is 287 g/mol. The van der Waals surface area contributed by atoms with Gasteiger partial charge in [-0.3, -0.25) is 0 Å². The molecule has 20 heavy (non-hydrogen) atoms. The summed E-state index contributed by atoms with van der Waals surface area (Å²) >= 11 is 0. The third-order valence-electron chi connectivity index (χ3n) is 3.18. The molecular weight excluding hydrogens is 267 g/mol. The van der Waals surface area contributed by atoms with E-state index in [4.69, 9.17) is 0 Å². The van der Waals surface area contributed by atoms with Crippen molar-refractivity contribution >= 4 is 5.82 Å². The van der Waals surface area contributed by atoms with Gasteiger partial charge in [0.05, 0.1) is 0 Å². The number of nitrogens with one attached hydrogen (secondary N) is 1. The van der Waals surface area contributed by atoms with Gasteiger partial charge in [0, 0.05) is 30.4 Å². The van der Waals surface area contributed by atoms with Gasteiger partial charge >= 0.3 is 6.18 Å². The Hall–Kier alpha value is -1.30. The predicted molar refractivity (Wildman–Crippen MR) is 72.6 cm³/mol. The van der Waals surface area contributed by atoms with Gasteiger partial charge in [-0.25, -0.2) is 4.98 Å². The highest BCUT2D eigenvalue weighted by Gasteiger charge is 2.39. The minimum Gasteiger partial charge on any atom is -0.344 e. The summed E-state index contributed by atoms with van der Waals surface area (Å²) in [5.74, 6) is 0.459. The van der Waals surface area contributed by atoms with Crippen LogP contribution in [0.5, 0.6) is 0 Å². The fourth-order valence-electron chi connectivity index (χ4n) is 2.10. The lowest BCUT2D eigenvalue weighted by Crippen LogP contribution is -2.37. The topological polar surface area (TPSA) is 28.2 Å². The van der Waals surface area contributed by atoms with Crippen LogP contribution in [0.4, 0.5) is 19.0 Å². The van der Waals surface area contributed by atoms with Gasteiger partial charge in [-0.1, -0.05) is 19.9 Å². The molecule has 6 heteroatoms. The number of rotatable bonds is 6. The second-order valence-electron chi connectivity index (χ2n) is 5.50. The summed E-state index contributed by atoms with van der Waals surface area (Å²) in [7, 11) is 0. The Morgan fingerprint density at radius 1 is 1.40 bits per heavy atom. The van der Waals surface area contributed by atoms with Crippen LogP contribution in [0.15, 0.2) is 18.3 Å². The average molecular weight is 287 g/mol. The number of aromatic nitrogens is 1. The molecule has 1 aromatic heterocycles. The average Bonchev–Trinajstić information content (AvgIpc) is 3.17. The van der Waals surface area contributed by atoms with E-state index in [0.29, 0.717) is 12.4 Å². The zero-order valence-corrected chi connectivity index (χ0v) is 11.7. The zero-order valence-electron chi connectivity index (χ0n) is 11.7. The first kappa shape index (κ1) is 15.1. The maximum atomic E-state index is 12.7. The predicted octanol–water partition coefficient (Wildman–Crippen LogP) is 3.11. The standard InChI is InChI=1S/C14H20F3N3/c1-10(2)19-8-11-4-3-7-18-13(11)20(12-5-6-12)9-14(15,16)17/h3-4,7,10,12,19H,5-6,8-9H2,1-2H3. The number of nitrogens with zero attached hydrogens (tertiary/aromatic N) is 2. The molecule has 1 saturated carbocycles. The number of hydrogen-bond donors (Lipinski definition) is 1. The number of pyridine rings is 1. The lowest BCUT2D eigenvalue weighted by atomic mass is 10.2. The van der Waals surface area contributed by atoms with Crippen LogP contribution in [0.1, 0.15) is 32.3 Å². The minimum absolute atomic E-state index is 0.0238. The van der Waals surface area contributed by atoms with Gasteiger partial charge in [-0.2, -0.15) is 13.2 Å². The number of alkyl halides is 3. The first-order valence-electron chi connectivity index (χ1n) is 6.87. The van der Waals surface area contributed by atoms with Crippen molar-refractivity contribution in [2.75, 3.05) is 11.4 Å². The van der Waals surface area contributed by atoms with Crippen molar-refractivity contribution < 1.29 is 13.2 Å². The van der Waals surface area contributed by atoms with Crippen molar-refractivity contribution in [2.24, 2.45) is 0 Å². The Labute approximate surface area is 117 Å². The Morgan fingerprint density at radius 3 is 2.65 bits per heavy atom. The van der Waals surface area contributed by atoms with E-state index < -0.39 is 12.7 Å². The molecule has 0 atom stereocenters. The summed E-state index contributed by atoms with van der Waals surface area (Å²) in [6.07, 6.45) is -1.03. The van der Waals surface area contributed by atoms with E-state index in [2.05, 4.69) is 10.3 Å². The highest BCUT2D eigenvalue weighted by atomic mass is 19.4. The van der Waals surface area contributed by atoms with Crippen LogP contribution in [0.25, 0.3) is 0 Å². The summed E-state index contributed by atoms with van der Waals surface area (Å²) in [4.78, 5) is 5.59. The first-order valence-corrected chi connectivity index (χ1v) is 6.87. The van der Waals surface area contributed by atoms with Crippen LogP contribution in [0.2, 0.25) is 0 Å². The van der Waals surface area contributed by atoms with Gasteiger partial charge in [-0.15, -0.1) is 0 Å². The summed E-state index contributed by atoms with van der Waals surface area (Å²) in [5.41, 5.74) is 0.817. The Morgan fingerprint density at radius 2 is 2.10 bits per heavy atom. The smallest absolute Gasteiger partial charge is 0.344 e. The Kier molecular flexibility index (Phi) is 4.52. The SMILES string of the molecule is CC(C)NCc1cccnc1N(CC(F)(F)F)C1CC1. The summed E-state index contributed by atoms with van der Waals surface area (Å²) in [6.45, 7) is 3.61. The summed E-state index contributed by atoms with van der Waals surface area (Å²) in [5, 5.41) is 3.23. The van der Waals surface area contributed by atoms with E-state index in [0.717, 1.165) is 18.4 Å². The van der Waals surface area contributed by atoms with E-state index >= 15 is 0 Å². The van der Waals surface area contributed by atoms with Crippen LogP contribution < -0.4 is 10.2 Å². The van der Waals surface area contributed by atoms with Crippen molar-refractivity contribution in [3.05, 3.63) is 23.9 Å². The van der Waals surface area contributed by atoms with Crippen LogP contribution in [0, 0.1) is 0 Å². The lowest BCUT2D eigenvalue weighted by Gasteiger charge is -2.27. The van der Waals surface area contributed by atoms with Crippen molar-refractivity contribution in [2.45, 2.75) is 51.5 Å². The second-order valence-corrected chi connectivity index (χ2v) is 5.50. The molecular formula is C14H20F3N3. The van der Waals surface area contributed by atoms with Gasteiger partial charge < -0.3 is 10.2 Å². The van der Waals surface area contributed by atoms with Crippen LogP contribution in [0.3, 0.4) is 0 Å². The normalized spacial score (nSPS) is 15.7. The second kappa shape index (κ2) is 5.99. The molecule has 1 aromatic rings. The highest BCUT2D eigenvalue weighted by Crippen LogP contribution is 2.34. The lowest BCUT2D eigenvalue weighted by molar-refractivity contribution is -0.120. The van der Waals surface area contributed by atoms with Crippen LogP contribution in [-0.2, 0) is 6.54 Å². The maximum absolute atomic E-state index is 12.7. The first-order chi connectivity index (χ1) is 9.37. The number of halogens is 3. The molecule has 3 nitrogen and oxygen atoms in total. The van der Waals surface area contributed by atoms with E-state index in [1.54, 1.807) is 12.3 Å². The quantitative estimate of drug-likeness (QED) is 0.871. The van der Waals surface area contributed by atoms with E-state index in [1.165, 1.54) is 4.90 Å². The maximum Gasteiger partial charge on any atom is 0.405 e. The number of anilines is 1. The molecule has 0 aromatic carbocycles. The number of hydrogen-bond acceptors (Lipinski definition) is 3. The zero-order chi connectivity index (χ0) is 14.8. The Bertz CT molecular complexity index is 442. The third kappa shape index (κ3) is 4.37. The molecule has 1 heterocycles. The summed E-state index contributed by atoms with van der Waals surface area (Å²) in [6, 6.07) is 3.85. The summed E-state index contributed by atoms with van der Waals surface area (Å²) < 4.78 is 38.2. The molecule has 112 valence electrons. The van der Waals surface area contributed by atoms with Gasteiger partial charge in [0.25, 0.3) is 0 Å². The molecule has 0 amide bonds. The highest BCUT2D eigenvalue weighted by molar-refractivity contribution is 5.49. The van der Waals surface area contributed by atoms with E-state index in [-0.39, 0.29) is 12.1 Å². The molecule has 0 saturated heterocycles. The fourth-order valence-corrected chi connectivity index (χ4v) is 2.10. The van der Waals surface area contributed by atoms with Gasteiger partial charge in [0.2, 0.25) is 0 Å². The van der Waals surface area contributed by atoms with Crippen molar-refractivity contribution in [3.63, 3.8) is 0 Å². The Balaban J connectivity index is 2.19. The molecule has 2 rings (SSSR count). The molecule has 1 aliphatic carbocycles. The third-order valence-corrected chi connectivity index (χ3v) is 3.18. The van der Waals surface area contributed by atoms with Crippen molar-refractivity contribution in [1.29, 1.82) is 0 Å². The fraction of sp³-hybridized carbons (Fsp3) is 0.643. The molecule has 1 aliphatic rings. The van der Waals surface area contributed by atoms with Crippen molar-refractivity contribution in [1.82, 2.24) is 10.3 Å². The largest absolute Gasteiger partial charge is 0.405 e. The molecule has 1 N–H and O–H groups in total. The van der Waals surface area contributed by atoms with Crippen molar-refractivity contribution in [3.8, 4) is 0 Å². The minimum atomic E-state index is -4.21. The van der Waals surface area contributed by atoms with E-state index in [1.807, 2.05) is 19.9 Å². The van der Waals surface area contributed by atoms with Gasteiger partial charge in [0.1, 0.15) is 12.4 Å². The molecule has 1 fully saturated rings. The molecule has 0 radical (unpaired) electrons. The molecule has 0 spiro atoms. The molecule has 0 aliphatic heterocycles. The van der Waals surface area contributed by atoms with Gasteiger partial charge in [-0.05, 0) is 18.9 Å². The molecule has 0 bridgehead atoms. The molecule has 0 unspecified atom stereocenters. The van der Waals surface area contributed by atoms with Crippen LogP contribution in [-0.4, -0.2) is 29.8 Å². The van der Waals surface area contributed by atoms with Crippen LogP contribution >= 0.6 is 0 Å².